The summed E-state index contributed by atoms with van der Waals surface area (Å²) in [6, 6.07) is 0. The number of aldehydes is 1. The van der Waals surface area contributed by atoms with Crippen molar-refractivity contribution in [2.24, 2.45) is 11.8 Å². The molecule has 0 aromatic carbocycles. The van der Waals surface area contributed by atoms with Gasteiger partial charge in [0.25, 0.3) is 0 Å². The molecule has 0 aliphatic rings. The third-order valence-corrected chi connectivity index (χ3v) is 4.63. The minimum Gasteiger partial charge on any atom is -0.481 e. The van der Waals surface area contributed by atoms with Crippen molar-refractivity contribution in [1.29, 1.82) is 0 Å². The number of aliphatic carboxylic acids is 1. The summed E-state index contributed by atoms with van der Waals surface area (Å²) in [6.45, 7) is 8.41. The Bertz CT molecular complexity index is 339. The molecule has 0 fully saturated rings. The van der Waals surface area contributed by atoms with Gasteiger partial charge in [0.15, 0.2) is 0 Å². The molecule has 4 nitrogen and oxygen atoms in total. The number of hydrogen-bond donors (Lipinski definition) is 2. The molecule has 0 aliphatic heterocycles. The smallest absolute Gasteiger partial charge is 0.304 e. The molecular weight excluding hydrogens is 352 g/mol. The fourth-order valence-corrected chi connectivity index (χ4v) is 3.08. The van der Waals surface area contributed by atoms with Gasteiger partial charge in [-0.15, -0.1) is 0 Å². The van der Waals surface area contributed by atoms with Crippen LogP contribution < -0.4 is 0 Å². The lowest BCUT2D eigenvalue weighted by Gasteiger charge is -2.18. The van der Waals surface area contributed by atoms with Crippen LogP contribution in [-0.4, -0.2) is 29.6 Å². The van der Waals surface area contributed by atoms with Gasteiger partial charge in [-0.2, -0.15) is 0 Å². The lowest BCUT2D eigenvalue weighted by molar-refractivity contribution is -0.139. The summed E-state index contributed by atoms with van der Waals surface area (Å²) in [6.07, 6.45) is 19.3. The molecule has 0 aromatic rings. The summed E-state index contributed by atoms with van der Waals surface area (Å²) < 4.78 is 0. The zero-order chi connectivity index (χ0) is 22.0. The summed E-state index contributed by atoms with van der Waals surface area (Å²) in [4.78, 5) is 22.3. The molecule has 0 amide bonds. The van der Waals surface area contributed by atoms with Gasteiger partial charge in [0.2, 0.25) is 0 Å². The van der Waals surface area contributed by atoms with Crippen molar-refractivity contribution in [3.05, 3.63) is 12.2 Å². The molecule has 0 spiro atoms. The predicted molar refractivity (Wildman–Crippen MR) is 121 cm³/mol. The van der Waals surface area contributed by atoms with E-state index in [1.165, 1.54) is 57.8 Å². The second-order valence-electron chi connectivity index (χ2n) is 6.90. The van der Waals surface area contributed by atoms with Crippen LogP contribution in [0, 0.1) is 11.8 Å². The lowest BCUT2D eigenvalue weighted by atomic mass is 9.85. The summed E-state index contributed by atoms with van der Waals surface area (Å²) in [5.74, 6) is -1.18. The number of hydrogen-bond acceptors (Lipinski definition) is 3. The minimum atomic E-state index is -0.879. The molecule has 0 saturated heterocycles. The molecule has 28 heavy (non-hydrogen) atoms. The van der Waals surface area contributed by atoms with Gasteiger partial charge >= 0.3 is 5.97 Å². The van der Waals surface area contributed by atoms with Crippen LogP contribution in [0.25, 0.3) is 0 Å². The standard InChI is InChI=1S/C21H38O3.C2H6.CH4O/c1-3-5-7-9-10-12-14-16-19(15-13-11-8-6-4-2)20(18-22)17-21(23)24;2*1-2/h14,16,18-20H,3-13,15,17H2,1-2H3,(H,23,24);1-2H3;2H,1H3/b16-14+;;. The van der Waals surface area contributed by atoms with Crippen LogP contribution in [0.1, 0.15) is 111 Å². The number of allylic oxidation sites excluding steroid dienone is 2. The van der Waals surface area contributed by atoms with Crippen LogP contribution in [0.5, 0.6) is 0 Å². The highest BCUT2D eigenvalue weighted by molar-refractivity contribution is 5.72. The maximum Gasteiger partial charge on any atom is 0.304 e. The number of rotatable bonds is 17. The van der Waals surface area contributed by atoms with E-state index in [2.05, 4.69) is 26.0 Å². The number of unbranched alkanes of at least 4 members (excludes halogenated alkanes) is 9. The van der Waals surface area contributed by atoms with Gasteiger partial charge in [0, 0.05) is 13.0 Å². The van der Waals surface area contributed by atoms with E-state index in [0.29, 0.717) is 0 Å². The first-order valence-corrected chi connectivity index (χ1v) is 11.4. The van der Waals surface area contributed by atoms with E-state index in [1.54, 1.807) is 0 Å². The SMILES string of the molecule is CC.CCCCCCC/C=C/C(CCCCCCC)C(C=O)CC(=O)O.CO. The number of carbonyl (C=O) groups excluding carboxylic acids is 1. The van der Waals surface area contributed by atoms with Crippen molar-refractivity contribution in [2.45, 2.75) is 111 Å². The molecule has 2 unspecified atom stereocenters. The van der Waals surface area contributed by atoms with E-state index in [4.69, 9.17) is 10.2 Å². The molecule has 0 bridgehead atoms. The first-order chi connectivity index (χ1) is 13.7. The molecule has 2 atom stereocenters. The van der Waals surface area contributed by atoms with E-state index >= 15 is 0 Å². The van der Waals surface area contributed by atoms with Gasteiger partial charge in [0.05, 0.1) is 6.42 Å². The zero-order valence-electron chi connectivity index (χ0n) is 19.3. The van der Waals surface area contributed by atoms with Crippen molar-refractivity contribution in [1.82, 2.24) is 0 Å². The van der Waals surface area contributed by atoms with Crippen molar-refractivity contribution in [3.8, 4) is 0 Å². The highest BCUT2D eigenvalue weighted by Gasteiger charge is 2.21. The summed E-state index contributed by atoms with van der Waals surface area (Å²) in [7, 11) is 1.00. The fourth-order valence-electron chi connectivity index (χ4n) is 3.08. The molecule has 0 saturated carbocycles. The molecule has 4 heteroatoms. The third kappa shape index (κ3) is 22.9. The van der Waals surface area contributed by atoms with Crippen LogP contribution in [-0.2, 0) is 9.59 Å². The van der Waals surface area contributed by atoms with E-state index in [1.807, 2.05) is 13.8 Å². The highest BCUT2D eigenvalue weighted by atomic mass is 16.4. The normalized spacial score (nSPS) is 12.4. The fraction of sp³-hybridized carbons (Fsp3) is 0.833. The topological polar surface area (TPSA) is 74.6 Å². The Morgan fingerprint density at radius 1 is 0.821 bits per heavy atom. The Balaban J connectivity index is -0.00000146. The maximum atomic E-state index is 11.3. The summed E-state index contributed by atoms with van der Waals surface area (Å²) in [5, 5.41) is 16.0. The van der Waals surface area contributed by atoms with E-state index in [-0.39, 0.29) is 18.3 Å². The van der Waals surface area contributed by atoms with Crippen molar-refractivity contribution >= 4 is 12.3 Å². The molecule has 0 heterocycles. The molecule has 0 aromatic heterocycles. The van der Waals surface area contributed by atoms with E-state index < -0.39 is 5.97 Å². The maximum absolute atomic E-state index is 11.3. The van der Waals surface area contributed by atoms with Gasteiger partial charge in [-0.3, -0.25) is 4.79 Å². The largest absolute Gasteiger partial charge is 0.481 e. The summed E-state index contributed by atoms with van der Waals surface area (Å²) in [5.41, 5.74) is 0. The number of carbonyl (C=O) groups is 2. The monoisotopic (exact) mass is 400 g/mol. The molecular formula is C24H48O4. The van der Waals surface area contributed by atoms with Gasteiger partial charge in [-0.05, 0) is 25.2 Å². The quantitative estimate of drug-likeness (QED) is 0.160. The Hall–Kier alpha value is -1.16. The number of carboxylic acid groups (broad SMARTS) is 1. The van der Waals surface area contributed by atoms with E-state index in [9.17, 15) is 9.59 Å². The molecule has 0 rings (SSSR count). The van der Waals surface area contributed by atoms with Crippen molar-refractivity contribution in [2.75, 3.05) is 7.11 Å². The third-order valence-electron chi connectivity index (χ3n) is 4.63. The Kier molecular flexibility index (Phi) is 31.6. The van der Waals surface area contributed by atoms with Crippen molar-refractivity contribution < 1.29 is 19.8 Å². The Morgan fingerprint density at radius 3 is 1.79 bits per heavy atom. The average molecular weight is 401 g/mol. The van der Waals surface area contributed by atoms with Crippen LogP contribution >= 0.6 is 0 Å². The van der Waals surface area contributed by atoms with Gasteiger partial charge < -0.3 is 15.0 Å². The molecule has 0 aliphatic carbocycles. The van der Waals surface area contributed by atoms with Gasteiger partial charge in [0.1, 0.15) is 6.29 Å². The molecule has 168 valence electrons. The zero-order valence-corrected chi connectivity index (χ0v) is 19.3. The number of carboxylic acids is 1. The van der Waals surface area contributed by atoms with Crippen molar-refractivity contribution in [3.63, 3.8) is 0 Å². The first kappa shape index (κ1) is 31.5. The Labute approximate surface area is 174 Å². The second kappa shape index (κ2) is 28.1. The average Bonchev–Trinajstić information content (AvgIpc) is 2.72. The van der Waals surface area contributed by atoms with Crippen LogP contribution in [0.4, 0.5) is 0 Å². The molecule has 0 radical (unpaired) electrons. The van der Waals surface area contributed by atoms with Crippen LogP contribution in [0.15, 0.2) is 12.2 Å². The van der Waals surface area contributed by atoms with Gasteiger partial charge in [-0.25, -0.2) is 0 Å². The highest BCUT2D eigenvalue weighted by Crippen LogP contribution is 2.23. The summed E-state index contributed by atoms with van der Waals surface area (Å²) >= 11 is 0. The minimum absolute atomic E-state index is 0.0516. The van der Waals surface area contributed by atoms with Crippen LogP contribution in [0.2, 0.25) is 0 Å². The Morgan fingerprint density at radius 2 is 1.32 bits per heavy atom. The number of aliphatic hydroxyl groups is 1. The van der Waals surface area contributed by atoms with Crippen LogP contribution in [0.3, 0.4) is 0 Å². The number of aliphatic hydroxyl groups excluding tert-OH is 1. The van der Waals surface area contributed by atoms with E-state index in [0.717, 1.165) is 32.7 Å². The second-order valence-corrected chi connectivity index (χ2v) is 6.90. The molecule has 2 N–H and O–H groups in total. The first-order valence-electron chi connectivity index (χ1n) is 11.4. The van der Waals surface area contributed by atoms with Gasteiger partial charge in [-0.1, -0.05) is 97.6 Å². The lowest BCUT2D eigenvalue weighted by Crippen LogP contribution is -2.18. The predicted octanol–water partition coefficient (Wildman–Crippen LogP) is 6.80.